The maximum atomic E-state index is 13.2. The monoisotopic (exact) mass is 439 g/mol. The van der Waals surface area contributed by atoms with Gasteiger partial charge in [-0.15, -0.1) is 0 Å². The molecule has 0 amide bonds. The zero-order chi connectivity index (χ0) is 23.3. The number of aromatic hydroxyl groups is 1. The number of allylic oxidation sites excluding steroid dienone is 1. The zero-order valence-corrected chi connectivity index (χ0v) is 19.1. The molecular weight excluding hydrogens is 410 g/mol. The molecule has 0 unspecified atom stereocenters. The van der Waals surface area contributed by atoms with Crippen LogP contribution in [0.15, 0.2) is 36.4 Å². The first-order valence-corrected chi connectivity index (χ1v) is 10.2. The molecule has 0 spiro atoms. The van der Waals surface area contributed by atoms with Gasteiger partial charge in [-0.3, -0.25) is 4.79 Å². The summed E-state index contributed by atoms with van der Waals surface area (Å²) >= 11 is 0. The van der Waals surface area contributed by atoms with E-state index in [1.807, 2.05) is 25.3 Å². The van der Waals surface area contributed by atoms with Crippen LogP contribution in [0.25, 0.3) is 11.6 Å². The van der Waals surface area contributed by atoms with E-state index in [1.54, 1.807) is 25.3 Å². The van der Waals surface area contributed by atoms with Crippen LogP contribution in [0.4, 0.5) is 0 Å². The maximum Gasteiger partial charge on any atom is 0.193 e. The summed E-state index contributed by atoms with van der Waals surface area (Å²) < 4.78 is 21.7. The molecule has 1 aliphatic heterocycles. The van der Waals surface area contributed by atoms with Crippen LogP contribution in [-0.4, -0.2) is 64.4 Å². The summed E-state index contributed by atoms with van der Waals surface area (Å²) in [6, 6.07) is 7.03. The van der Waals surface area contributed by atoms with Crippen molar-refractivity contribution < 1.29 is 28.8 Å². The lowest BCUT2D eigenvalue weighted by molar-refractivity contribution is 0.104. The second-order valence-corrected chi connectivity index (χ2v) is 7.40. The molecule has 2 aromatic rings. The Bertz CT molecular complexity index is 1060. The SMILES string of the molecule is COc1cccc(/C=C/C(=O)c2c(OC)cc(OC)c(C3=CCN(C)CC3)c2O)c1OC. The fourth-order valence-electron chi connectivity index (χ4n) is 3.78. The van der Waals surface area contributed by atoms with Crippen LogP contribution in [0.2, 0.25) is 0 Å². The Morgan fingerprint density at radius 2 is 1.75 bits per heavy atom. The highest BCUT2D eigenvalue weighted by molar-refractivity contribution is 6.12. The summed E-state index contributed by atoms with van der Waals surface area (Å²) in [5.41, 5.74) is 2.22. The van der Waals surface area contributed by atoms with Gasteiger partial charge in [0.05, 0.1) is 34.0 Å². The van der Waals surface area contributed by atoms with Crippen molar-refractivity contribution >= 4 is 17.4 Å². The number of nitrogens with zero attached hydrogens (tertiary/aromatic N) is 1. The van der Waals surface area contributed by atoms with Gasteiger partial charge in [0.25, 0.3) is 0 Å². The lowest BCUT2D eigenvalue weighted by atomic mass is 9.93. The number of carbonyl (C=O) groups excluding carboxylic acids is 1. The quantitative estimate of drug-likeness (QED) is 0.491. The topological polar surface area (TPSA) is 77.5 Å². The molecule has 0 saturated carbocycles. The third-order valence-electron chi connectivity index (χ3n) is 5.50. The van der Waals surface area contributed by atoms with Gasteiger partial charge in [-0.25, -0.2) is 0 Å². The number of hydrogen-bond donors (Lipinski definition) is 1. The molecule has 0 bridgehead atoms. The van der Waals surface area contributed by atoms with Gasteiger partial charge < -0.3 is 29.0 Å². The molecule has 170 valence electrons. The highest BCUT2D eigenvalue weighted by Crippen LogP contribution is 2.44. The molecule has 0 atom stereocenters. The van der Waals surface area contributed by atoms with Crippen molar-refractivity contribution in [3.8, 4) is 28.7 Å². The number of ether oxygens (including phenoxy) is 4. The molecule has 1 N–H and O–H groups in total. The van der Waals surface area contributed by atoms with E-state index in [0.29, 0.717) is 28.4 Å². The summed E-state index contributed by atoms with van der Waals surface area (Å²) in [5.74, 6) is 1.23. The molecule has 0 saturated heterocycles. The third kappa shape index (κ3) is 4.57. The molecule has 3 rings (SSSR count). The van der Waals surface area contributed by atoms with Crippen LogP contribution in [0, 0.1) is 0 Å². The molecule has 0 fully saturated rings. The Labute approximate surface area is 188 Å². The highest BCUT2D eigenvalue weighted by Gasteiger charge is 2.26. The Balaban J connectivity index is 2.06. The Kier molecular flexibility index (Phi) is 7.43. The second-order valence-electron chi connectivity index (χ2n) is 7.40. The number of rotatable bonds is 8. The molecule has 32 heavy (non-hydrogen) atoms. The molecule has 1 aliphatic rings. The van der Waals surface area contributed by atoms with E-state index in [2.05, 4.69) is 4.90 Å². The van der Waals surface area contributed by atoms with E-state index < -0.39 is 5.78 Å². The van der Waals surface area contributed by atoms with Gasteiger partial charge in [0, 0.05) is 24.7 Å². The summed E-state index contributed by atoms with van der Waals surface area (Å²) in [6.45, 7) is 1.60. The average Bonchev–Trinajstić information content (AvgIpc) is 2.82. The number of phenols is 1. The van der Waals surface area contributed by atoms with Crippen molar-refractivity contribution in [3.05, 3.63) is 53.1 Å². The number of ketones is 1. The minimum Gasteiger partial charge on any atom is -0.506 e. The van der Waals surface area contributed by atoms with Crippen molar-refractivity contribution in [2.75, 3.05) is 48.6 Å². The van der Waals surface area contributed by atoms with Gasteiger partial charge in [-0.1, -0.05) is 18.2 Å². The highest BCUT2D eigenvalue weighted by atomic mass is 16.5. The first kappa shape index (κ1) is 23.2. The minimum atomic E-state index is -0.401. The Hall–Kier alpha value is -3.45. The van der Waals surface area contributed by atoms with Crippen molar-refractivity contribution in [2.45, 2.75) is 6.42 Å². The van der Waals surface area contributed by atoms with E-state index in [-0.39, 0.29) is 17.1 Å². The third-order valence-corrected chi connectivity index (χ3v) is 5.50. The Morgan fingerprint density at radius 1 is 1.03 bits per heavy atom. The Morgan fingerprint density at radius 3 is 2.34 bits per heavy atom. The number of methoxy groups -OCH3 is 4. The van der Waals surface area contributed by atoms with Crippen LogP contribution >= 0.6 is 0 Å². The fraction of sp³-hybridized carbons (Fsp3) is 0.320. The van der Waals surface area contributed by atoms with Crippen molar-refractivity contribution in [1.29, 1.82) is 0 Å². The number of carbonyl (C=O) groups is 1. The molecule has 1 heterocycles. The minimum absolute atomic E-state index is 0.0845. The molecular formula is C25H29NO6. The van der Waals surface area contributed by atoms with Gasteiger partial charge in [0.15, 0.2) is 17.3 Å². The van der Waals surface area contributed by atoms with E-state index in [0.717, 1.165) is 25.1 Å². The van der Waals surface area contributed by atoms with Crippen LogP contribution in [0.3, 0.4) is 0 Å². The lowest BCUT2D eigenvalue weighted by Crippen LogP contribution is -2.23. The number of phenolic OH excluding ortho intramolecular Hbond substituents is 1. The van der Waals surface area contributed by atoms with Crippen molar-refractivity contribution in [1.82, 2.24) is 4.90 Å². The average molecular weight is 440 g/mol. The summed E-state index contributed by atoms with van der Waals surface area (Å²) in [5, 5.41) is 11.2. The second kappa shape index (κ2) is 10.2. The van der Waals surface area contributed by atoms with E-state index in [1.165, 1.54) is 27.4 Å². The fourth-order valence-corrected chi connectivity index (χ4v) is 3.78. The van der Waals surface area contributed by atoms with Gasteiger partial charge >= 0.3 is 0 Å². The number of para-hydroxylation sites is 1. The van der Waals surface area contributed by atoms with E-state index >= 15 is 0 Å². The van der Waals surface area contributed by atoms with Gasteiger partial charge in [-0.05, 0) is 37.3 Å². The smallest absolute Gasteiger partial charge is 0.193 e. The predicted octanol–water partition coefficient (Wildman–Crippen LogP) is 4.04. The van der Waals surface area contributed by atoms with Crippen molar-refractivity contribution in [3.63, 3.8) is 0 Å². The summed E-state index contributed by atoms with van der Waals surface area (Å²) in [6.07, 6.45) is 5.78. The van der Waals surface area contributed by atoms with Crippen LogP contribution in [0.1, 0.15) is 27.9 Å². The predicted molar refractivity (Wildman–Crippen MR) is 124 cm³/mol. The van der Waals surface area contributed by atoms with Crippen molar-refractivity contribution in [2.24, 2.45) is 0 Å². The number of likely N-dealkylation sites (N-methyl/N-ethyl adjacent to an activating group) is 1. The first-order chi connectivity index (χ1) is 15.4. The number of benzene rings is 2. The molecule has 7 nitrogen and oxygen atoms in total. The van der Waals surface area contributed by atoms with E-state index in [9.17, 15) is 9.90 Å². The standard InChI is InChI=1S/C25H29NO6/c1-26-13-11-16(12-14-26)22-20(30-3)15-21(31-4)23(24(22)28)18(27)10-9-17-7-6-8-19(29-2)25(17)32-5/h6-11,15,28H,12-14H2,1-5H3/b10-9+. The van der Waals surface area contributed by atoms with Crippen LogP contribution in [0.5, 0.6) is 28.7 Å². The van der Waals surface area contributed by atoms with Crippen LogP contribution in [-0.2, 0) is 0 Å². The first-order valence-electron chi connectivity index (χ1n) is 10.2. The van der Waals surface area contributed by atoms with Gasteiger partial charge in [-0.2, -0.15) is 0 Å². The zero-order valence-electron chi connectivity index (χ0n) is 19.1. The molecule has 0 radical (unpaired) electrons. The van der Waals surface area contributed by atoms with Gasteiger partial charge in [0.2, 0.25) is 0 Å². The molecule has 7 heteroatoms. The molecule has 0 aliphatic carbocycles. The largest absolute Gasteiger partial charge is 0.506 e. The maximum absolute atomic E-state index is 13.2. The normalized spacial score (nSPS) is 14.2. The lowest BCUT2D eigenvalue weighted by Gasteiger charge is -2.24. The van der Waals surface area contributed by atoms with Crippen LogP contribution < -0.4 is 18.9 Å². The van der Waals surface area contributed by atoms with E-state index in [4.69, 9.17) is 18.9 Å². The number of hydrogen-bond acceptors (Lipinski definition) is 7. The molecule has 0 aromatic heterocycles. The summed E-state index contributed by atoms with van der Waals surface area (Å²) in [7, 11) is 8.11. The molecule has 2 aromatic carbocycles. The van der Waals surface area contributed by atoms with Gasteiger partial charge in [0.1, 0.15) is 22.8 Å². The summed E-state index contributed by atoms with van der Waals surface area (Å²) in [4.78, 5) is 15.4.